The third kappa shape index (κ3) is 3.22. The number of fused-ring (bicyclic) bond motifs is 11. The zero-order valence-electron chi connectivity index (χ0n) is 23.1. The molecule has 2 aliphatic heterocycles. The van der Waals surface area contributed by atoms with E-state index in [-0.39, 0.29) is 6.85 Å². The summed E-state index contributed by atoms with van der Waals surface area (Å²) in [6.45, 7) is 8.34. The molecule has 0 saturated carbocycles. The molecule has 0 unspecified atom stereocenters. The van der Waals surface area contributed by atoms with Gasteiger partial charge in [-0.1, -0.05) is 48.5 Å². The third-order valence-corrected chi connectivity index (χ3v) is 8.33. The van der Waals surface area contributed by atoms with Crippen LogP contribution < -0.4 is 15.7 Å². The lowest BCUT2D eigenvalue weighted by atomic mass is 9.43. The molecule has 40 heavy (non-hydrogen) atoms. The molecule has 192 valence electrons. The van der Waals surface area contributed by atoms with Crippen molar-refractivity contribution in [2.75, 3.05) is 4.81 Å². The van der Waals surface area contributed by atoms with Crippen molar-refractivity contribution in [3.63, 3.8) is 0 Å². The molecule has 6 aromatic rings. The SMILES string of the molecule is Cc1cc(C)n(-c2ccc3c(c2)B2c4cc(-n5nc(C)cc5C)ccc4-c4ccccc4N2c2ccccc2-3)n1. The van der Waals surface area contributed by atoms with Gasteiger partial charge in [-0.05, 0) is 98.3 Å². The Morgan fingerprint density at radius 1 is 0.500 bits per heavy atom. The molecule has 0 amide bonds. The van der Waals surface area contributed by atoms with Gasteiger partial charge in [0.15, 0.2) is 0 Å². The van der Waals surface area contributed by atoms with Gasteiger partial charge in [0.2, 0.25) is 0 Å². The Hall–Kier alpha value is -4.84. The summed E-state index contributed by atoms with van der Waals surface area (Å²) in [6.07, 6.45) is 0. The maximum atomic E-state index is 4.82. The number of aryl methyl sites for hydroxylation is 4. The summed E-state index contributed by atoms with van der Waals surface area (Å²) >= 11 is 0. The quantitative estimate of drug-likeness (QED) is 0.257. The minimum Gasteiger partial charge on any atom is -0.376 e. The van der Waals surface area contributed by atoms with Gasteiger partial charge in [-0.3, -0.25) is 0 Å². The van der Waals surface area contributed by atoms with Crippen molar-refractivity contribution in [3.8, 4) is 33.6 Å². The fourth-order valence-electron chi connectivity index (χ4n) is 6.76. The molecule has 4 aromatic carbocycles. The number of aromatic nitrogens is 4. The summed E-state index contributed by atoms with van der Waals surface area (Å²) in [5.41, 5.74) is 16.5. The van der Waals surface area contributed by atoms with Crippen molar-refractivity contribution >= 4 is 29.1 Å². The topological polar surface area (TPSA) is 38.9 Å². The van der Waals surface area contributed by atoms with Crippen molar-refractivity contribution in [2.24, 2.45) is 0 Å². The average Bonchev–Trinajstić information content (AvgIpc) is 3.50. The van der Waals surface area contributed by atoms with Gasteiger partial charge in [-0.15, -0.1) is 0 Å². The predicted octanol–water partition coefficient (Wildman–Crippen LogP) is 6.20. The van der Waals surface area contributed by atoms with Gasteiger partial charge in [0.05, 0.1) is 22.8 Å². The van der Waals surface area contributed by atoms with E-state index in [1.807, 2.05) is 0 Å². The Morgan fingerprint density at radius 3 is 1.38 bits per heavy atom. The number of rotatable bonds is 2. The lowest BCUT2D eigenvalue weighted by Crippen LogP contribution is -2.59. The molecular formula is C34H28BN5. The molecule has 4 heterocycles. The van der Waals surface area contributed by atoms with E-state index < -0.39 is 0 Å². The number of anilines is 2. The highest BCUT2D eigenvalue weighted by molar-refractivity contribution is 6.92. The lowest BCUT2D eigenvalue weighted by Gasteiger charge is -2.43. The number of benzene rings is 4. The minimum atomic E-state index is 0.00336. The maximum absolute atomic E-state index is 4.82. The molecule has 8 rings (SSSR count). The van der Waals surface area contributed by atoms with E-state index in [0.29, 0.717) is 0 Å². The van der Waals surface area contributed by atoms with Crippen LogP contribution >= 0.6 is 0 Å². The molecule has 2 aromatic heterocycles. The van der Waals surface area contributed by atoms with Crippen molar-refractivity contribution in [1.29, 1.82) is 0 Å². The first-order valence-electron chi connectivity index (χ1n) is 13.8. The Bertz CT molecular complexity index is 1840. The van der Waals surface area contributed by atoms with Gasteiger partial charge in [-0.25, -0.2) is 9.36 Å². The normalized spacial score (nSPS) is 12.9. The van der Waals surface area contributed by atoms with E-state index in [4.69, 9.17) is 10.2 Å². The highest BCUT2D eigenvalue weighted by Crippen LogP contribution is 2.45. The van der Waals surface area contributed by atoms with Crippen molar-refractivity contribution in [1.82, 2.24) is 19.6 Å². The van der Waals surface area contributed by atoms with Crippen molar-refractivity contribution < 1.29 is 0 Å². The van der Waals surface area contributed by atoms with Crippen LogP contribution in [0.2, 0.25) is 0 Å². The molecule has 0 aliphatic carbocycles. The predicted molar refractivity (Wildman–Crippen MR) is 164 cm³/mol. The summed E-state index contributed by atoms with van der Waals surface area (Å²) in [7, 11) is 0. The number of nitrogens with zero attached hydrogens (tertiary/aromatic N) is 5. The van der Waals surface area contributed by atoms with E-state index >= 15 is 0 Å². The molecule has 0 radical (unpaired) electrons. The van der Waals surface area contributed by atoms with Crippen LogP contribution in [0.3, 0.4) is 0 Å². The van der Waals surface area contributed by atoms with E-state index in [0.717, 1.165) is 34.2 Å². The van der Waals surface area contributed by atoms with E-state index in [1.165, 1.54) is 44.6 Å². The smallest absolute Gasteiger partial charge is 0.329 e. The van der Waals surface area contributed by atoms with Crippen LogP contribution in [0, 0.1) is 27.7 Å². The highest BCUT2D eigenvalue weighted by Gasteiger charge is 2.42. The van der Waals surface area contributed by atoms with Gasteiger partial charge in [0.25, 0.3) is 0 Å². The number of hydrogen-bond donors (Lipinski definition) is 0. The average molecular weight is 517 g/mol. The molecule has 0 fully saturated rings. The van der Waals surface area contributed by atoms with Crippen molar-refractivity contribution in [2.45, 2.75) is 27.7 Å². The second-order valence-corrected chi connectivity index (χ2v) is 11.0. The van der Waals surface area contributed by atoms with Crippen LogP contribution in [0.25, 0.3) is 33.6 Å². The van der Waals surface area contributed by atoms with Gasteiger partial charge in [-0.2, -0.15) is 10.2 Å². The maximum Gasteiger partial charge on any atom is 0.329 e. The monoisotopic (exact) mass is 517 g/mol. The van der Waals surface area contributed by atoms with Gasteiger partial charge in [0.1, 0.15) is 0 Å². The first-order valence-corrected chi connectivity index (χ1v) is 13.8. The van der Waals surface area contributed by atoms with Gasteiger partial charge in [0, 0.05) is 33.9 Å². The largest absolute Gasteiger partial charge is 0.376 e. The Balaban J connectivity index is 1.44. The molecule has 0 spiro atoms. The minimum absolute atomic E-state index is 0.00336. The second-order valence-electron chi connectivity index (χ2n) is 11.0. The summed E-state index contributed by atoms with van der Waals surface area (Å²) in [6, 6.07) is 35.5. The zero-order valence-corrected chi connectivity index (χ0v) is 23.1. The Kier molecular flexibility index (Phi) is 4.81. The molecule has 0 saturated heterocycles. The summed E-state index contributed by atoms with van der Waals surface area (Å²) in [4.78, 5) is 2.53. The van der Waals surface area contributed by atoms with Crippen LogP contribution in [0.5, 0.6) is 0 Å². The first-order chi connectivity index (χ1) is 19.5. The van der Waals surface area contributed by atoms with Crippen LogP contribution in [-0.2, 0) is 0 Å². The lowest BCUT2D eigenvalue weighted by molar-refractivity contribution is 0.834. The Labute approximate surface area is 234 Å². The van der Waals surface area contributed by atoms with E-state index in [1.54, 1.807) is 0 Å². The van der Waals surface area contributed by atoms with Gasteiger partial charge < -0.3 is 4.81 Å². The van der Waals surface area contributed by atoms with Crippen LogP contribution in [0.1, 0.15) is 22.8 Å². The molecular weight excluding hydrogens is 489 g/mol. The fourth-order valence-corrected chi connectivity index (χ4v) is 6.76. The van der Waals surface area contributed by atoms with Crippen LogP contribution in [0.15, 0.2) is 97.1 Å². The molecule has 2 aliphatic rings. The second kappa shape index (κ2) is 8.33. The summed E-state index contributed by atoms with van der Waals surface area (Å²) < 4.78 is 4.12. The van der Waals surface area contributed by atoms with E-state index in [9.17, 15) is 0 Å². The van der Waals surface area contributed by atoms with Crippen molar-refractivity contribution in [3.05, 3.63) is 120 Å². The molecule has 0 bridgehead atoms. The highest BCUT2D eigenvalue weighted by atomic mass is 15.3. The van der Waals surface area contributed by atoms with Crippen LogP contribution in [-0.4, -0.2) is 26.4 Å². The zero-order chi connectivity index (χ0) is 27.1. The molecule has 5 nitrogen and oxygen atoms in total. The number of hydrogen-bond acceptors (Lipinski definition) is 3. The van der Waals surface area contributed by atoms with E-state index in [2.05, 4.69) is 139 Å². The van der Waals surface area contributed by atoms with Crippen LogP contribution in [0.4, 0.5) is 11.4 Å². The molecule has 0 N–H and O–H groups in total. The summed E-state index contributed by atoms with van der Waals surface area (Å²) in [5.74, 6) is 0. The Morgan fingerprint density at radius 2 is 0.950 bits per heavy atom. The van der Waals surface area contributed by atoms with Gasteiger partial charge >= 0.3 is 6.85 Å². The standard InChI is InChI=1S/C34H28BN5/c1-21-17-23(3)39(36-21)25-13-15-27-29-9-5-7-11-33(29)38-34-12-8-6-10-30(34)28-16-14-26(40-24(4)18-22(2)37-40)20-32(28)35(38)31(27)19-25/h5-20H,1-4H3. The third-order valence-electron chi connectivity index (χ3n) is 8.33. The summed E-state index contributed by atoms with van der Waals surface area (Å²) in [5, 5.41) is 9.63. The number of para-hydroxylation sites is 2. The molecule has 0 atom stereocenters. The molecule has 6 heteroatoms. The first kappa shape index (κ1) is 23.1. The fraction of sp³-hybridized carbons (Fsp3) is 0.118.